The fourth-order valence-corrected chi connectivity index (χ4v) is 8.30. The van der Waals surface area contributed by atoms with Gasteiger partial charge in [0.25, 0.3) is 0 Å². The quantitative estimate of drug-likeness (QED) is 0.123. The molecule has 4 aromatic heterocycles. The van der Waals surface area contributed by atoms with Crippen molar-refractivity contribution in [3.05, 3.63) is 163 Å². The van der Waals surface area contributed by atoms with Gasteiger partial charge < -0.3 is 14.0 Å². The molecule has 0 aliphatic carbocycles. The molecule has 55 heavy (non-hydrogen) atoms. The molecule has 1 radical (unpaired) electrons. The van der Waals surface area contributed by atoms with Crippen LogP contribution in [-0.4, -0.2) is 27.6 Å². The van der Waals surface area contributed by atoms with Crippen LogP contribution < -0.4 is 5.19 Å². The topological polar surface area (TPSA) is 56.7 Å². The van der Waals surface area contributed by atoms with E-state index in [9.17, 15) is 4.39 Å². The normalized spacial score (nSPS) is 11.9. The minimum Gasteiger partial charge on any atom is -0.458 e. The van der Waals surface area contributed by atoms with E-state index < -0.39 is 14.0 Å². The van der Waals surface area contributed by atoms with E-state index in [1.807, 2.05) is 98.9 Å². The molecule has 4 heterocycles. The molecule has 0 spiro atoms. The van der Waals surface area contributed by atoms with Gasteiger partial charge in [0.1, 0.15) is 0 Å². The van der Waals surface area contributed by atoms with Crippen LogP contribution in [0.5, 0.6) is 0 Å². The van der Waals surface area contributed by atoms with Gasteiger partial charge in [-0.3, -0.25) is 9.37 Å². The van der Waals surface area contributed by atoms with Crippen molar-refractivity contribution in [1.29, 1.82) is 0 Å². The van der Waals surface area contributed by atoms with Gasteiger partial charge >= 0.3 is 0 Å². The Bertz CT molecular complexity index is 2790. The van der Waals surface area contributed by atoms with E-state index in [1.54, 1.807) is 6.07 Å². The molecule has 9 aromatic rings. The van der Waals surface area contributed by atoms with Crippen LogP contribution in [0.15, 0.2) is 144 Å². The van der Waals surface area contributed by atoms with Gasteiger partial charge in [0.15, 0.2) is 0 Å². The Morgan fingerprint density at radius 1 is 0.745 bits per heavy atom. The van der Waals surface area contributed by atoms with Gasteiger partial charge in [-0.15, -0.1) is 47.5 Å². The van der Waals surface area contributed by atoms with Gasteiger partial charge in [0.2, 0.25) is 5.71 Å². The summed E-state index contributed by atoms with van der Waals surface area (Å²) in [4.78, 5) is 14.2. The van der Waals surface area contributed by atoms with E-state index >= 15 is 0 Å². The summed E-state index contributed by atoms with van der Waals surface area (Å²) >= 11 is 0. The predicted octanol–water partition coefficient (Wildman–Crippen LogP) is 11.8. The second-order valence-electron chi connectivity index (χ2n) is 14.5. The van der Waals surface area contributed by atoms with Crippen LogP contribution >= 0.6 is 0 Å². The van der Waals surface area contributed by atoms with Crippen molar-refractivity contribution in [1.82, 2.24) is 19.5 Å². The van der Waals surface area contributed by atoms with Crippen molar-refractivity contribution < 1.29 is 30.3 Å². The number of rotatable bonds is 6. The Hall–Kier alpha value is -5.53. The third-order valence-electron chi connectivity index (χ3n) is 9.46. The SMILES string of the molecule is [2H]C(C)(C)c1cc(-c2[c-]cc(F)cc2)ncc1[Si](C)(C)C.[Ir].[c-]1cc2c(cc1-c1nc3ccccc3n1-c1ccccc1)oc1nc(-c3ccccc3)ccc12. The van der Waals surface area contributed by atoms with Crippen LogP contribution in [0.3, 0.4) is 0 Å². The molecule has 8 heteroatoms. The number of nitrogens with zero attached hydrogens (tertiary/aromatic N) is 4. The van der Waals surface area contributed by atoms with Crippen molar-refractivity contribution in [2.45, 2.75) is 39.4 Å². The summed E-state index contributed by atoms with van der Waals surface area (Å²) in [6, 6.07) is 49.4. The van der Waals surface area contributed by atoms with Crippen molar-refractivity contribution in [2.75, 3.05) is 0 Å². The second-order valence-corrected chi connectivity index (χ2v) is 19.6. The third kappa shape index (κ3) is 7.71. The van der Waals surface area contributed by atoms with Gasteiger partial charge in [-0.25, -0.2) is 4.98 Å². The average Bonchev–Trinajstić information content (AvgIpc) is 3.76. The first kappa shape index (κ1) is 36.4. The zero-order valence-electron chi connectivity index (χ0n) is 32.2. The molecule has 5 aromatic carbocycles. The van der Waals surface area contributed by atoms with Crippen LogP contribution in [0.1, 0.15) is 26.7 Å². The first-order valence-electron chi connectivity index (χ1n) is 18.5. The molecule has 5 nitrogen and oxygen atoms in total. The number of benzene rings is 5. The number of fused-ring (bicyclic) bond motifs is 4. The molecule has 0 atom stereocenters. The molecular formula is C47H39FIrN4OSi-2. The largest absolute Gasteiger partial charge is 0.458 e. The first-order chi connectivity index (χ1) is 26.4. The summed E-state index contributed by atoms with van der Waals surface area (Å²) in [6.45, 7) is 10.5. The van der Waals surface area contributed by atoms with E-state index in [0.717, 1.165) is 72.5 Å². The maximum atomic E-state index is 13.0. The molecule has 0 amide bonds. The molecule has 0 saturated carbocycles. The Morgan fingerprint density at radius 2 is 1.45 bits per heavy atom. The van der Waals surface area contributed by atoms with Gasteiger partial charge in [0, 0.05) is 50.1 Å². The van der Waals surface area contributed by atoms with E-state index in [2.05, 4.69) is 77.7 Å². The van der Waals surface area contributed by atoms with E-state index in [4.69, 9.17) is 15.8 Å². The number of para-hydroxylation sites is 3. The fourth-order valence-electron chi connectivity index (χ4n) is 6.72. The Labute approximate surface area is 336 Å². The molecule has 0 saturated heterocycles. The molecule has 9 rings (SSSR count). The summed E-state index contributed by atoms with van der Waals surface area (Å²) < 4.78 is 29.8. The maximum Gasteiger partial charge on any atom is 0.216 e. The molecule has 0 aliphatic rings. The van der Waals surface area contributed by atoms with E-state index in [0.29, 0.717) is 5.71 Å². The smallest absolute Gasteiger partial charge is 0.216 e. The minimum atomic E-state index is -1.57. The monoisotopic (exact) mass is 916 g/mol. The molecule has 0 bridgehead atoms. The third-order valence-corrected chi connectivity index (χ3v) is 11.5. The average molecular weight is 916 g/mol. The summed E-state index contributed by atoms with van der Waals surface area (Å²) in [5.74, 6) is -0.168. The number of imidazole rings is 1. The van der Waals surface area contributed by atoms with Crippen LogP contribution in [0.2, 0.25) is 19.6 Å². The maximum absolute atomic E-state index is 13.0. The van der Waals surface area contributed by atoms with Gasteiger partial charge in [-0.2, -0.15) is 0 Å². The molecule has 0 fully saturated rings. The first-order valence-corrected chi connectivity index (χ1v) is 21.5. The summed E-state index contributed by atoms with van der Waals surface area (Å²) in [6.07, 6.45) is 1.89. The number of halogens is 1. The van der Waals surface area contributed by atoms with Gasteiger partial charge in [-0.1, -0.05) is 123 Å². The Kier molecular flexibility index (Phi) is 10.4. The predicted molar refractivity (Wildman–Crippen MR) is 221 cm³/mol. The van der Waals surface area contributed by atoms with Crippen LogP contribution in [0, 0.1) is 17.9 Å². The van der Waals surface area contributed by atoms with Crippen molar-refractivity contribution in [3.8, 4) is 39.6 Å². The van der Waals surface area contributed by atoms with Crippen LogP contribution in [0.25, 0.3) is 72.7 Å². The van der Waals surface area contributed by atoms with E-state index in [-0.39, 0.29) is 25.9 Å². The number of hydrogen-bond donors (Lipinski definition) is 0. The van der Waals surface area contributed by atoms with Crippen molar-refractivity contribution >= 4 is 46.4 Å². The standard InChI is InChI=1S/C30H18N3O.C17H21FNSi.Ir/c1-3-9-20(10-4-1)25-18-17-24-23-16-15-21(19-28(23)34-30(24)32-25)29-31-26-13-7-8-14-27(26)33(29)22-11-5-2-6-12-22;1-12(2)15-10-16(13-6-8-14(18)9-7-13)19-11-17(15)20(3,4)5;/h1-14,16-19H;6,8-12H,1-5H3;/q2*-1;/i;12D;. The number of aromatic nitrogens is 4. The zero-order chi connectivity index (χ0) is 38.3. The number of hydrogen-bond acceptors (Lipinski definition) is 4. The number of furan rings is 1. The van der Waals surface area contributed by atoms with Gasteiger partial charge in [0.05, 0.1) is 36.2 Å². The molecule has 275 valence electrons. The molecular weight excluding hydrogens is 876 g/mol. The van der Waals surface area contributed by atoms with E-state index in [1.165, 1.54) is 17.3 Å². The van der Waals surface area contributed by atoms with Crippen LogP contribution in [-0.2, 0) is 20.1 Å². The Morgan fingerprint density at radius 3 is 2.16 bits per heavy atom. The van der Waals surface area contributed by atoms with Gasteiger partial charge in [-0.05, 0) is 47.1 Å². The fraction of sp³-hybridized carbons (Fsp3) is 0.128. The second kappa shape index (κ2) is 15.7. The summed E-state index contributed by atoms with van der Waals surface area (Å²) in [5.41, 5.74) is 9.77. The molecule has 0 N–H and O–H groups in total. The summed E-state index contributed by atoms with van der Waals surface area (Å²) in [5, 5.41) is 3.18. The van der Waals surface area contributed by atoms with Crippen molar-refractivity contribution in [2.24, 2.45) is 0 Å². The van der Waals surface area contributed by atoms with Crippen molar-refractivity contribution in [3.63, 3.8) is 0 Å². The minimum absolute atomic E-state index is 0. The Balaban J connectivity index is 0.000000190. The molecule has 0 unspecified atom stereocenters. The van der Waals surface area contributed by atoms with Crippen LogP contribution in [0.4, 0.5) is 4.39 Å². The zero-order valence-corrected chi connectivity index (χ0v) is 34.6. The molecule has 0 aliphatic heterocycles. The number of pyridine rings is 2. The summed E-state index contributed by atoms with van der Waals surface area (Å²) in [7, 11) is -1.57.